The third-order valence-electron chi connectivity index (χ3n) is 2.07. The molecular weight excluding hydrogens is 256 g/mol. The maximum Gasteiger partial charge on any atom is 0.415 e. The molecule has 1 amide bonds. The number of carbonyl (C=O) groups excluding carboxylic acids is 2. The number of anilines is 1. The van der Waals surface area contributed by atoms with Crippen molar-refractivity contribution in [3.63, 3.8) is 0 Å². The van der Waals surface area contributed by atoms with Crippen LogP contribution in [0.2, 0.25) is 0 Å². The second-order valence-corrected chi connectivity index (χ2v) is 4.85. The molecule has 0 aliphatic carbocycles. The first-order chi connectivity index (χ1) is 8.74. The minimum Gasteiger partial charge on any atom is -0.443 e. The van der Waals surface area contributed by atoms with Crippen molar-refractivity contribution in [3.05, 3.63) is 29.8 Å². The molecule has 0 N–H and O–H groups in total. The summed E-state index contributed by atoms with van der Waals surface area (Å²) in [4.78, 5) is 23.2. The Morgan fingerprint density at radius 3 is 2.53 bits per heavy atom. The number of aldehydes is 1. The molecule has 1 rings (SSSR count). The maximum absolute atomic E-state index is 13.6. The molecule has 4 nitrogen and oxygen atoms in total. The van der Waals surface area contributed by atoms with Gasteiger partial charge in [0.25, 0.3) is 0 Å². The van der Waals surface area contributed by atoms with Crippen molar-refractivity contribution < 1.29 is 23.1 Å². The Hall–Kier alpha value is -1.98. The van der Waals surface area contributed by atoms with Crippen molar-refractivity contribution in [1.82, 2.24) is 0 Å². The molecule has 0 bridgehead atoms. The first-order valence-corrected chi connectivity index (χ1v) is 5.64. The summed E-state index contributed by atoms with van der Waals surface area (Å²) >= 11 is 0. The molecule has 0 spiro atoms. The van der Waals surface area contributed by atoms with Crippen LogP contribution in [0, 0.1) is 11.6 Å². The average Bonchev–Trinajstić information content (AvgIpc) is 2.27. The zero-order valence-electron chi connectivity index (χ0n) is 10.9. The highest BCUT2D eigenvalue weighted by Gasteiger charge is 2.25. The Balaban J connectivity index is 3.09. The Morgan fingerprint density at radius 1 is 1.37 bits per heavy atom. The normalized spacial score (nSPS) is 11.0. The van der Waals surface area contributed by atoms with E-state index in [1.54, 1.807) is 20.8 Å². The van der Waals surface area contributed by atoms with Crippen molar-refractivity contribution >= 4 is 18.1 Å². The largest absolute Gasteiger partial charge is 0.443 e. The molecule has 1 aromatic rings. The molecule has 0 atom stereocenters. The Morgan fingerprint density at radius 2 is 2.00 bits per heavy atom. The predicted octanol–water partition coefficient (Wildman–Crippen LogP) is 2.91. The third kappa shape index (κ3) is 4.31. The minimum absolute atomic E-state index is 0.332. The number of halogens is 2. The Labute approximate surface area is 110 Å². The van der Waals surface area contributed by atoms with Gasteiger partial charge in [-0.2, -0.15) is 0 Å². The van der Waals surface area contributed by atoms with E-state index in [2.05, 4.69) is 0 Å². The minimum atomic E-state index is -0.913. The van der Waals surface area contributed by atoms with Gasteiger partial charge in [-0.3, -0.25) is 4.90 Å². The Kier molecular flexibility index (Phi) is 4.58. The second kappa shape index (κ2) is 5.77. The SMILES string of the molecule is CC(C)(C)OC(=O)N(CC=O)c1cc(F)ccc1F. The molecule has 0 aliphatic heterocycles. The maximum atomic E-state index is 13.6. The number of carbonyl (C=O) groups is 2. The van der Waals surface area contributed by atoms with Crippen molar-refractivity contribution in [2.45, 2.75) is 26.4 Å². The summed E-state index contributed by atoms with van der Waals surface area (Å²) in [5.41, 5.74) is -1.14. The van der Waals surface area contributed by atoms with E-state index in [0.717, 1.165) is 23.1 Å². The molecule has 0 aliphatic rings. The first-order valence-electron chi connectivity index (χ1n) is 5.64. The van der Waals surface area contributed by atoms with Crippen LogP contribution >= 0.6 is 0 Å². The van der Waals surface area contributed by atoms with Crippen LogP contribution in [0.4, 0.5) is 19.3 Å². The monoisotopic (exact) mass is 271 g/mol. The van der Waals surface area contributed by atoms with Crippen LogP contribution in [0.25, 0.3) is 0 Å². The molecule has 0 aromatic heterocycles. The molecule has 19 heavy (non-hydrogen) atoms. The zero-order chi connectivity index (χ0) is 14.6. The van der Waals surface area contributed by atoms with E-state index in [1.807, 2.05) is 0 Å². The van der Waals surface area contributed by atoms with Crippen molar-refractivity contribution in [3.8, 4) is 0 Å². The molecule has 0 radical (unpaired) electrons. The summed E-state index contributed by atoms with van der Waals surface area (Å²) < 4.78 is 31.8. The van der Waals surface area contributed by atoms with Crippen LogP contribution in [0.15, 0.2) is 18.2 Å². The average molecular weight is 271 g/mol. The Bertz CT molecular complexity index is 483. The first kappa shape index (κ1) is 15.1. The lowest BCUT2D eigenvalue weighted by Crippen LogP contribution is -2.38. The van der Waals surface area contributed by atoms with Gasteiger partial charge in [-0.25, -0.2) is 13.6 Å². The molecule has 0 fully saturated rings. The van der Waals surface area contributed by atoms with Gasteiger partial charge < -0.3 is 9.53 Å². The third-order valence-corrected chi connectivity index (χ3v) is 2.07. The fraction of sp³-hybridized carbons (Fsp3) is 0.385. The quantitative estimate of drug-likeness (QED) is 0.794. The van der Waals surface area contributed by atoms with Crippen LogP contribution in [0.5, 0.6) is 0 Å². The smallest absolute Gasteiger partial charge is 0.415 e. The lowest BCUT2D eigenvalue weighted by molar-refractivity contribution is -0.106. The zero-order valence-corrected chi connectivity index (χ0v) is 10.9. The van der Waals surface area contributed by atoms with Gasteiger partial charge in [0.1, 0.15) is 23.5 Å². The van der Waals surface area contributed by atoms with Gasteiger partial charge in [0, 0.05) is 6.07 Å². The molecule has 0 unspecified atom stereocenters. The molecule has 1 aromatic carbocycles. The summed E-state index contributed by atoms with van der Waals surface area (Å²) in [5, 5.41) is 0. The van der Waals surface area contributed by atoms with Crippen LogP contribution < -0.4 is 4.90 Å². The fourth-order valence-corrected chi connectivity index (χ4v) is 1.36. The van der Waals surface area contributed by atoms with E-state index in [1.165, 1.54) is 0 Å². The van der Waals surface area contributed by atoms with Crippen molar-refractivity contribution in [2.24, 2.45) is 0 Å². The molecule has 6 heteroatoms. The van der Waals surface area contributed by atoms with E-state index >= 15 is 0 Å². The van der Waals surface area contributed by atoms with Gasteiger partial charge in [-0.1, -0.05) is 0 Å². The predicted molar refractivity (Wildman–Crippen MR) is 66.0 cm³/mol. The second-order valence-electron chi connectivity index (χ2n) is 4.85. The van der Waals surface area contributed by atoms with Crippen LogP contribution in [0.3, 0.4) is 0 Å². The van der Waals surface area contributed by atoms with Crippen molar-refractivity contribution in [1.29, 1.82) is 0 Å². The van der Waals surface area contributed by atoms with E-state index < -0.39 is 29.9 Å². The number of rotatable bonds is 3. The number of ether oxygens (including phenoxy) is 1. The van der Waals surface area contributed by atoms with Gasteiger partial charge in [0.05, 0.1) is 12.2 Å². The summed E-state index contributed by atoms with van der Waals surface area (Å²) in [6, 6.07) is 2.64. The highest BCUT2D eigenvalue weighted by Crippen LogP contribution is 2.22. The molecule has 0 saturated carbocycles. The lowest BCUT2D eigenvalue weighted by atomic mass is 10.2. The molecule has 104 valence electrons. The number of nitrogens with zero attached hydrogens (tertiary/aromatic N) is 1. The van der Waals surface area contributed by atoms with Gasteiger partial charge in [0.15, 0.2) is 0 Å². The highest BCUT2D eigenvalue weighted by atomic mass is 19.1. The topological polar surface area (TPSA) is 46.6 Å². The molecular formula is C13H15F2NO3. The highest BCUT2D eigenvalue weighted by molar-refractivity contribution is 5.91. The van der Waals surface area contributed by atoms with Crippen LogP contribution in [0.1, 0.15) is 20.8 Å². The number of benzene rings is 1. The van der Waals surface area contributed by atoms with E-state index in [0.29, 0.717) is 6.29 Å². The summed E-state index contributed by atoms with van der Waals surface area (Å²) in [7, 11) is 0. The van der Waals surface area contributed by atoms with Crippen LogP contribution in [-0.2, 0) is 9.53 Å². The summed E-state index contributed by atoms with van der Waals surface area (Å²) in [5.74, 6) is -1.52. The number of hydrogen-bond acceptors (Lipinski definition) is 3. The van der Waals surface area contributed by atoms with Gasteiger partial charge >= 0.3 is 6.09 Å². The fourth-order valence-electron chi connectivity index (χ4n) is 1.36. The van der Waals surface area contributed by atoms with Gasteiger partial charge in [-0.05, 0) is 32.9 Å². The van der Waals surface area contributed by atoms with Gasteiger partial charge in [0.2, 0.25) is 0 Å². The van der Waals surface area contributed by atoms with E-state index in [9.17, 15) is 18.4 Å². The van der Waals surface area contributed by atoms with E-state index in [4.69, 9.17) is 4.74 Å². The lowest BCUT2D eigenvalue weighted by Gasteiger charge is -2.26. The summed E-state index contributed by atoms with van der Waals surface area (Å²) in [6.45, 7) is 4.47. The van der Waals surface area contributed by atoms with E-state index in [-0.39, 0.29) is 5.69 Å². The standard InChI is InChI=1S/C13H15F2NO3/c1-13(2,3)19-12(18)16(6-7-17)11-8-9(14)4-5-10(11)15/h4-5,7-8H,6H2,1-3H3. The number of hydrogen-bond donors (Lipinski definition) is 0. The van der Waals surface area contributed by atoms with Crippen LogP contribution in [-0.4, -0.2) is 24.5 Å². The molecule has 0 saturated heterocycles. The van der Waals surface area contributed by atoms with Gasteiger partial charge in [-0.15, -0.1) is 0 Å². The number of amides is 1. The van der Waals surface area contributed by atoms with Crippen molar-refractivity contribution in [2.75, 3.05) is 11.4 Å². The summed E-state index contributed by atoms with van der Waals surface area (Å²) in [6.07, 6.45) is -0.502. The molecule has 0 heterocycles.